The maximum atomic E-state index is 12.6. The molecule has 1 fully saturated rings. The monoisotopic (exact) mass is 436 g/mol. The van der Waals surface area contributed by atoms with Crippen LogP contribution in [0, 0.1) is 0 Å². The van der Waals surface area contributed by atoms with E-state index in [-0.39, 0.29) is 29.3 Å². The van der Waals surface area contributed by atoms with Gasteiger partial charge in [-0.15, -0.1) is 0 Å². The summed E-state index contributed by atoms with van der Waals surface area (Å²) in [4.78, 5) is 37.1. The lowest BCUT2D eigenvalue weighted by atomic mass is 10.2. The van der Waals surface area contributed by atoms with E-state index in [2.05, 4.69) is 0 Å². The number of thioether (sulfide) groups is 1. The van der Waals surface area contributed by atoms with Crippen LogP contribution in [0.25, 0.3) is 6.08 Å². The van der Waals surface area contributed by atoms with Gasteiger partial charge in [-0.1, -0.05) is 41.4 Å². The fraction of sp³-hybridized carbons (Fsp3) is 0.105. The number of rotatable bonds is 6. The first-order valence-electron chi connectivity index (χ1n) is 8.04. The van der Waals surface area contributed by atoms with Crippen LogP contribution in [0.15, 0.2) is 47.4 Å². The van der Waals surface area contributed by atoms with Gasteiger partial charge in [0.2, 0.25) is 0 Å². The van der Waals surface area contributed by atoms with E-state index in [9.17, 15) is 14.4 Å². The molecular formula is C19H14Cl2N2O4S. The molecule has 2 aromatic rings. The average molecular weight is 437 g/mol. The molecule has 6 nitrogen and oxygen atoms in total. The lowest BCUT2D eigenvalue weighted by Gasteiger charge is -2.12. The topological polar surface area (TPSA) is 89.7 Å². The molecule has 0 saturated carbocycles. The van der Waals surface area contributed by atoms with Crippen molar-refractivity contribution < 1.29 is 19.1 Å². The van der Waals surface area contributed by atoms with Crippen LogP contribution in [0.1, 0.15) is 11.1 Å². The number of amides is 3. The molecule has 0 spiro atoms. The van der Waals surface area contributed by atoms with Gasteiger partial charge in [0.1, 0.15) is 5.75 Å². The molecule has 0 atom stereocenters. The number of nitrogens with two attached hydrogens (primary N) is 1. The number of hydrogen-bond acceptors (Lipinski definition) is 5. The highest BCUT2D eigenvalue weighted by atomic mass is 35.5. The summed E-state index contributed by atoms with van der Waals surface area (Å²) in [6.07, 6.45) is 1.58. The second kappa shape index (κ2) is 8.68. The minimum Gasteiger partial charge on any atom is -0.482 e. The second-order valence-electron chi connectivity index (χ2n) is 5.84. The molecule has 9 heteroatoms. The van der Waals surface area contributed by atoms with Crippen molar-refractivity contribution in [3.8, 4) is 5.75 Å². The van der Waals surface area contributed by atoms with Crippen LogP contribution in [0.3, 0.4) is 0 Å². The lowest BCUT2D eigenvalue weighted by Crippen LogP contribution is -2.27. The predicted octanol–water partition coefficient (Wildman–Crippen LogP) is 4.09. The van der Waals surface area contributed by atoms with E-state index in [1.54, 1.807) is 48.5 Å². The van der Waals surface area contributed by atoms with Gasteiger partial charge in [-0.05, 0) is 53.2 Å². The van der Waals surface area contributed by atoms with E-state index in [0.29, 0.717) is 21.2 Å². The van der Waals surface area contributed by atoms with Crippen molar-refractivity contribution in [1.82, 2.24) is 4.90 Å². The summed E-state index contributed by atoms with van der Waals surface area (Å²) in [5.74, 6) is -0.696. The minimum atomic E-state index is -0.616. The zero-order valence-corrected chi connectivity index (χ0v) is 16.7. The smallest absolute Gasteiger partial charge is 0.293 e. The molecule has 28 heavy (non-hydrogen) atoms. The summed E-state index contributed by atoms with van der Waals surface area (Å²) in [7, 11) is 0. The van der Waals surface area contributed by atoms with Gasteiger partial charge in [-0.3, -0.25) is 19.3 Å². The fourth-order valence-corrected chi connectivity index (χ4v) is 3.64. The largest absolute Gasteiger partial charge is 0.482 e. The van der Waals surface area contributed by atoms with Crippen LogP contribution < -0.4 is 10.5 Å². The number of primary amides is 1. The van der Waals surface area contributed by atoms with Crippen molar-refractivity contribution in [3.63, 3.8) is 0 Å². The average Bonchev–Trinajstić information content (AvgIpc) is 2.90. The number of nitrogens with zero attached hydrogens (tertiary/aromatic N) is 1. The number of hydrogen-bond donors (Lipinski definition) is 1. The summed E-state index contributed by atoms with van der Waals surface area (Å²) >= 11 is 12.8. The molecule has 2 aromatic carbocycles. The van der Waals surface area contributed by atoms with Gasteiger partial charge in [-0.2, -0.15) is 0 Å². The lowest BCUT2D eigenvalue weighted by molar-refractivity contribution is -0.123. The normalized spacial score (nSPS) is 15.4. The SMILES string of the molecule is NC(=O)COc1ccc(C=C2SC(=O)N(Cc3ccc(Cl)cc3)C2=O)cc1Cl. The maximum absolute atomic E-state index is 12.6. The summed E-state index contributed by atoms with van der Waals surface area (Å²) < 4.78 is 5.18. The fourth-order valence-electron chi connectivity index (χ4n) is 2.43. The van der Waals surface area contributed by atoms with Gasteiger partial charge in [0.15, 0.2) is 6.61 Å². The first-order chi connectivity index (χ1) is 13.3. The highest BCUT2D eigenvalue weighted by Gasteiger charge is 2.35. The zero-order valence-electron chi connectivity index (χ0n) is 14.4. The second-order valence-corrected chi connectivity index (χ2v) is 7.68. The summed E-state index contributed by atoms with van der Waals surface area (Å²) in [6, 6.07) is 11.7. The summed E-state index contributed by atoms with van der Waals surface area (Å²) in [5, 5.41) is 0.493. The number of benzene rings is 2. The standard InChI is InChI=1S/C19H14Cl2N2O4S/c20-13-4-1-11(2-5-13)9-23-18(25)16(28-19(23)26)8-12-3-6-15(14(21)7-12)27-10-17(22)24/h1-8H,9-10H2,(H2,22,24). The Kier molecular flexibility index (Phi) is 6.28. The Balaban J connectivity index is 1.75. The van der Waals surface area contributed by atoms with Crippen molar-refractivity contribution in [2.45, 2.75) is 6.54 Å². The third-order valence-corrected chi connectivity index (χ3v) is 5.21. The van der Waals surface area contributed by atoms with Crippen LogP contribution in [0.2, 0.25) is 10.0 Å². The van der Waals surface area contributed by atoms with Gasteiger partial charge in [-0.25, -0.2) is 0 Å². The highest BCUT2D eigenvalue weighted by molar-refractivity contribution is 8.18. The van der Waals surface area contributed by atoms with E-state index < -0.39 is 5.91 Å². The van der Waals surface area contributed by atoms with Crippen LogP contribution in [-0.4, -0.2) is 28.6 Å². The maximum Gasteiger partial charge on any atom is 0.293 e. The van der Waals surface area contributed by atoms with Crippen molar-refractivity contribution in [1.29, 1.82) is 0 Å². The molecule has 3 rings (SSSR count). The number of ether oxygens (including phenoxy) is 1. The van der Waals surface area contributed by atoms with Crippen molar-refractivity contribution >= 4 is 58.1 Å². The Morgan fingerprint density at radius 2 is 1.86 bits per heavy atom. The van der Waals surface area contributed by atoms with E-state index in [4.69, 9.17) is 33.7 Å². The Hall–Kier alpha value is -2.48. The van der Waals surface area contributed by atoms with Crippen LogP contribution >= 0.6 is 35.0 Å². The number of imide groups is 1. The molecule has 0 aliphatic carbocycles. The van der Waals surface area contributed by atoms with E-state index in [1.807, 2.05) is 0 Å². The number of carbonyl (C=O) groups is 3. The van der Waals surface area contributed by atoms with E-state index in [0.717, 1.165) is 17.3 Å². The van der Waals surface area contributed by atoms with Crippen molar-refractivity contribution in [3.05, 3.63) is 68.5 Å². The molecule has 0 bridgehead atoms. The number of halogens is 2. The van der Waals surface area contributed by atoms with E-state index in [1.165, 1.54) is 4.90 Å². The van der Waals surface area contributed by atoms with Gasteiger partial charge < -0.3 is 10.5 Å². The molecule has 0 aromatic heterocycles. The first-order valence-corrected chi connectivity index (χ1v) is 9.61. The molecule has 1 saturated heterocycles. The molecule has 1 aliphatic rings. The summed E-state index contributed by atoms with van der Waals surface area (Å²) in [5.41, 5.74) is 6.45. The van der Waals surface area contributed by atoms with Gasteiger partial charge in [0, 0.05) is 5.02 Å². The molecular weight excluding hydrogens is 423 g/mol. The molecule has 0 radical (unpaired) electrons. The molecule has 1 aliphatic heterocycles. The van der Waals surface area contributed by atoms with Crippen LogP contribution in [0.5, 0.6) is 5.75 Å². The van der Waals surface area contributed by atoms with E-state index >= 15 is 0 Å². The highest BCUT2D eigenvalue weighted by Crippen LogP contribution is 2.34. The Labute approximate surface area is 175 Å². The quantitative estimate of drug-likeness (QED) is 0.688. The Morgan fingerprint density at radius 1 is 1.14 bits per heavy atom. The third kappa shape index (κ3) is 4.86. The molecule has 2 N–H and O–H groups in total. The molecule has 3 amide bonds. The zero-order chi connectivity index (χ0) is 20.3. The Bertz CT molecular complexity index is 976. The van der Waals surface area contributed by atoms with Crippen LogP contribution in [0.4, 0.5) is 4.79 Å². The van der Waals surface area contributed by atoms with Gasteiger partial charge in [0.05, 0.1) is 16.5 Å². The third-order valence-electron chi connectivity index (χ3n) is 3.75. The van der Waals surface area contributed by atoms with Crippen LogP contribution in [-0.2, 0) is 16.1 Å². The molecule has 1 heterocycles. The minimum absolute atomic E-state index is 0.166. The van der Waals surface area contributed by atoms with Gasteiger partial charge in [0.25, 0.3) is 17.1 Å². The van der Waals surface area contributed by atoms with Crippen molar-refractivity contribution in [2.24, 2.45) is 5.73 Å². The number of carbonyl (C=O) groups excluding carboxylic acids is 3. The summed E-state index contributed by atoms with van der Waals surface area (Å²) in [6.45, 7) is -0.123. The predicted molar refractivity (Wildman–Crippen MR) is 109 cm³/mol. The van der Waals surface area contributed by atoms with Crippen molar-refractivity contribution in [2.75, 3.05) is 6.61 Å². The first kappa shape index (κ1) is 20.3. The Morgan fingerprint density at radius 3 is 2.50 bits per heavy atom. The molecule has 144 valence electrons. The van der Waals surface area contributed by atoms with Gasteiger partial charge >= 0.3 is 0 Å². The molecule has 0 unspecified atom stereocenters.